The van der Waals surface area contributed by atoms with Crippen LogP contribution in [0.2, 0.25) is 0 Å². The van der Waals surface area contributed by atoms with Gasteiger partial charge in [-0.25, -0.2) is 0 Å². The van der Waals surface area contributed by atoms with Crippen molar-refractivity contribution >= 4 is 11.8 Å². The Hall–Kier alpha value is -2.39. The molecule has 3 fully saturated rings. The van der Waals surface area contributed by atoms with Crippen LogP contribution in [0.15, 0.2) is 24.3 Å². The second kappa shape index (κ2) is 9.18. The van der Waals surface area contributed by atoms with Crippen molar-refractivity contribution < 1.29 is 9.59 Å². The van der Waals surface area contributed by atoms with Crippen LogP contribution < -0.4 is 10.6 Å². The first-order chi connectivity index (χ1) is 14.6. The van der Waals surface area contributed by atoms with E-state index in [1.165, 1.54) is 5.56 Å². The molecule has 0 radical (unpaired) electrons. The van der Waals surface area contributed by atoms with Gasteiger partial charge in [0.05, 0.1) is 12.1 Å². The van der Waals surface area contributed by atoms with Gasteiger partial charge in [-0.15, -0.1) is 0 Å². The van der Waals surface area contributed by atoms with Gasteiger partial charge in [0.25, 0.3) is 0 Å². The third-order valence-corrected chi connectivity index (χ3v) is 7.16. The number of nitrogens with zero attached hydrogens (tertiary/aromatic N) is 2. The van der Waals surface area contributed by atoms with Gasteiger partial charge >= 0.3 is 0 Å². The van der Waals surface area contributed by atoms with Crippen LogP contribution in [0.25, 0.3) is 0 Å². The van der Waals surface area contributed by atoms with E-state index in [2.05, 4.69) is 41.0 Å². The van der Waals surface area contributed by atoms with Gasteiger partial charge in [0.15, 0.2) is 0 Å². The lowest BCUT2D eigenvalue weighted by Gasteiger charge is -2.32. The maximum Gasteiger partial charge on any atom is 0.238 e. The van der Waals surface area contributed by atoms with Gasteiger partial charge < -0.3 is 15.5 Å². The van der Waals surface area contributed by atoms with Crippen molar-refractivity contribution in [1.82, 2.24) is 15.5 Å². The fourth-order valence-electron chi connectivity index (χ4n) is 5.39. The van der Waals surface area contributed by atoms with Crippen molar-refractivity contribution in [3.63, 3.8) is 0 Å². The van der Waals surface area contributed by atoms with Crippen molar-refractivity contribution in [3.05, 3.63) is 35.4 Å². The molecule has 0 aromatic heterocycles. The fraction of sp³-hybridized carbons (Fsp3) is 0.625. The summed E-state index contributed by atoms with van der Waals surface area (Å²) in [7, 11) is 0. The van der Waals surface area contributed by atoms with E-state index >= 15 is 0 Å². The number of fused-ring (bicyclic) bond motifs is 2. The molecule has 30 heavy (non-hydrogen) atoms. The van der Waals surface area contributed by atoms with Gasteiger partial charge in [0.1, 0.15) is 6.04 Å². The Bertz CT molecular complexity index is 807. The fourth-order valence-corrected chi connectivity index (χ4v) is 5.39. The third-order valence-electron chi connectivity index (χ3n) is 7.16. The molecule has 1 aliphatic carbocycles. The topological polar surface area (TPSA) is 85.2 Å². The average Bonchev–Trinajstić information content (AvgIpc) is 3.42. The first-order valence-corrected chi connectivity index (χ1v) is 11.4. The third kappa shape index (κ3) is 4.52. The molecular weight excluding hydrogens is 376 g/mol. The molecule has 0 spiro atoms. The van der Waals surface area contributed by atoms with E-state index in [9.17, 15) is 14.9 Å². The van der Waals surface area contributed by atoms with Crippen LogP contribution in [-0.2, 0) is 16.0 Å². The number of nitriles is 1. The van der Waals surface area contributed by atoms with E-state index in [1.807, 2.05) is 11.8 Å². The van der Waals surface area contributed by atoms with E-state index in [4.69, 9.17) is 0 Å². The predicted molar refractivity (Wildman–Crippen MR) is 115 cm³/mol. The first-order valence-electron chi connectivity index (χ1n) is 11.4. The maximum absolute atomic E-state index is 12.6. The standard InChI is InChI=1S/C24H32N4O2/c1-2-22(29)28-11-9-18(10-12-28)17-5-3-16(4-6-17)13-21(15-25)27-24(30)23-19-7-8-20(14-19)26-23/h3-6,18-21,23,26H,2,7-14H2,1H3,(H,27,30)/t19?,20?,21-,23?/m0/s1. The zero-order valence-corrected chi connectivity index (χ0v) is 17.8. The molecule has 6 nitrogen and oxygen atoms in total. The molecule has 1 aromatic carbocycles. The Kier molecular flexibility index (Phi) is 6.38. The number of carbonyl (C=O) groups excluding carboxylic acids is 2. The largest absolute Gasteiger partial charge is 0.343 e. The van der Waals surface area contributed by atoms with Gasteiger partial charge in [-0.05, 0) is 55.1 Å². The molecule has 4 atom stereocenters. The molecule has 3 unspecified atom stereocenters. The van der Waals surface area contributed by atoms with E-state index in [1.54, 1.807) is 0 Å². The summed E-state index contributed by atoms with van der Waals surface area (Å²) in [6.45, 7) is 3.58. The number of carbonyl (C=O) groups is 2. The van der Waals surface area contributed by atoms with Crippen LogP contribution >= 0.6 is 0 Å². The molecule has 2 bridgehead atoms. The molecule has 1 aromatic rings. The van der Waals surface area contributed by atoms with E-state index < -0.39 is 6.04 Å². The SMILES string of the molecule is CCC(=O)N1CCC(c2ccc(C[C@@H](C#N)NC(=O)C3NC4CCC3C4)cc2)CC1. The number of hydrogen-bond acceptors (Lipinski definition) is 4. The first kappa shape index (κ1) is 20.9. The summed E-state index contributed by atoms with van der Waals surface area (Å²) < 4.78 is 0. The molecule has 6 heteroatoms. The number of rotatable bonds is 6. The molecule has 2 amide bonds. The lowest BCUT2D eigenvalue weighted by molar-refractivity contribution is -0.131. The molecule has 2 saturated heterocycles. The van der Waals surface area contributed by atoms with Crippen LogP contribution in [0.4, 0.5) is 0 Å². The van der Waals surface area contributed by atoms with Crippen LogP contribution in [-0.4, -0.2) is 47.9 Å². The number of piperidine rings is 2. The highest BCUT2D eigenvalue weighted by molar-refractivity contribution is 5.83. The van der Waals surface area contributed by atoms with E-state index in [0.29, 0.717) is 30.7 Å². The number of likely N-dealkylation sites (tertiary alicyclic amines) is 1. The Morgan fingerprint density at radius 3 is 2.50 bits per heavy atom. The van der Waals surface area contributed by atoms with Crippen molar-refractivity contribution in [2.24, 2.45) is 5.92 Å². The summed E-state index contributed by atoms with van der Waals surface area (Å²) in [6.07, 6.45) is 6.45. The smallest absolute Gasteiger partial charge is 0.238 e. The van der Waals surface area contributed by atoms with Crippen molar-refractivity contribution in [2.45, 2.75) is 75.9 Å². The van der Waals surface area contributed by atoms with Crippen LogP contribution in [0.1, 0.15) is 62.5 Å². The Morgan fingerprint density at radius 1 is 1.20 bits per heavy atom. The highest BCUT2D eigenvalue weighted by Crippen LogP contribution is 2.35. The molecule has 160 valence electrons. The van der Waals surface area contributed by atoms with Gasteiger partial charge in [-0.1, -0.05) is 31.2 Å². The second-order valence-electron chi connectivity index (χ2n) is 9.06. The quantitative estimate of drug-likeness (QED) is 0.757. The summed E-state index contributed by atoms with van der Waals surface area (Å²) in [4.78, 5) is 26.4. The van der Waals surface area contributed by atoms with E-state index in [-0.39, 0.29) is 17.9 Å². The van der Waals surface area contributed by atoms with Crippen molar-refractivity contribution in [3.8, 4) is 6.07 Å². The molecule has 1 saturated carbocycles. The second-order valence-corrected chi connectivity index (χ2v) is 9.06. The lowest BCUT2D eigenvalue weighted by Crippen LogP contribution is -2.50. The predicted octanol–water partition coefficient (Wildman–Crippen LogP) is 2.49. The summed E-state index contributed by atoms with van der Waals surface area (Å²) in [5.74, 6) is 1.12. The summed E-state index contributed by atoms with van der Waals surface area (Å²) in [5, 5.41) is 15.9. The minimum Gasteiger partial charge on any atom is -0.343 e. The van der Waals surface area contributed by atoms with Gasteiger partial charge in [-0.3, -0.25) is 9.59 Å². The number of nitrogens with one attached hydrogen (secondary N) is 2. The van der Waals surface area contributed by atoms with Crippen molar-refractivity contribution in [1.29, 1.82) is 5.26 Å². The van der Waals surface area contributed by atoms with Gasteiger partial charge in [-0.2, -0.15) is 5.26 Å². The Labute approximate surface area is 179 Å². The molecule has 2 aliphatic heterocycles. The normalized spacial score (nSPS) is 26.9. The molecule has 2 heterocycles. The number of amides is 2. The Balaban J connectivity index is 1.29. The van der Waals surface area contributed by atoms with Crippen molar-refractivity contribution in [2.75, 3.05) is 13.1 Å². The molecule has 2 N–H and O–H groups in total. The lowest BCUT2D eigenvalue weighted by atomic mass is 9.88. The highest BCUT2D eigenvalue weighted by atomic mass is 16.2. The van der Waals surface area contributed by atoms with Gasteiger partial charge in [0.2, 0.25) is 11.8 Å². The molecule has 4 rings (SSSR count). The van der Waals surface area contributed by atoms with Crippen LogP contribution in [0.3, 0.4) is 0 Å². The molecule has 3 aliphatic rings. The van der Waals surface area contributed by atoms with Gasteiger partial charge in [0, 0.05) is 32.0 Å². The zero-order chi connectivity index (χ0) is 21.1. The summed E-state index contributed by atoms with van der Waals surface area (Å²) >= 11 is 0. The van der Waals surface area contributed by atoms with E-state index in [0.717, 1.165) is 50.8 Å². The number of benzene rings is 1. The minimum absolute atomic E-state index is 0.0289. The summed E-state index contributed by atoms with van der Waals surface area (Å²) in [5.41, 5.74) is 2.36. The summed E-state index contributed by atoms with van der Waals surface area (Å²) in [6, 6.07) is 10.5. The maximum atomic E-state index is 12.6. The minimum atomic E-state index is -0.507. The Morgan fingerprint density at radius 2 is 1.93 bits per heavy atom. The van der Waals surface area contributed by atoms with Crippen LogP contribution in [0, 0.1) is 17.2 Å². The molecular formula is C24H32N4O2. The average molecular weight is 409 g/mol. The van der Waals surface area contributed by atoms with Crippen LogP contribution in [0.5, 0.6) is 0 Å². The zero-order valence-electron chi connectivity index (χ0n) is 17.8. The monoisotopic (exact) mass is 408 g/mol. The highest BCUT2D eigenvalue weighted by Gasteiger charge is 2.43. The number of hydrogen-bond donors (Lipinski definition) is 2.